The Labute approximate surface area is 335 Å². The van der Waals surface area contributed by atoms with Gasteiger partial charge in [-0.25, -0.2) is 9.59 Å². The number of aryl methyl sites for hydroxylation is 1. The van der Waals surface area contributed by atoms with Gasteiger partial charge in [0.1, 0.15) is 68.6 Å². The maximum atomic E-state index is 12.4. The summed E-state index contributed by atoms with van der Waals surface area (Å²) < 4.78 is 27.9. The molecular formula is C46H54O11. The average molecular weight is 783 g/mol. The highest BCUT2D eigenvalue weighted by Crippen LogP contribution is 2.32. The van der Waals surface area contributed by atoms with Gasteiger partial charge in [-0.3, -0.25) is 19.2 Å². The molecule has 304 valence electrons. The molecule has 57 heavy (non-hydrogen) atoms. The van der Waals surface area contributed by atoms with Crippen molar-refractivity contribution < 1.29 is 52.5 Å². The molecule has 0 amide bonds. The minimum Gasteiger partial charge on any atom is -0.493 e. The predicted octanol–water partition coefficient (Wildman–Crippen LogP) is 8.29. The molecule has 11 nitrogen and oxygen atoms in total. The minimum atomic E-state index is -1.44. The highest BCUT2D eigenvalue weighted by molar-refractivity contribution is 5.94. The molecule has 0 fully saturated rings. The second kappa shape index (κ2) is 22.6. The number of ether oxygens (including phenoxy) is 5. The molecule has 0 aliphatic rings. The van der Waals surface area contributed by atoms with Crippen LogP contribution in [0.5, 0.6) is 5.75 Å². The number of rotatable bonds is 24. The van der Waals surface area contributed by atoms with Crippen LogP contribution in [-0.4, -0.2) is 61.9 Å². The van der Waals surface area contributed by atoms with Crippen molar-refractivity contribution in [1.29, 1.82) is 0 Å². The number of benzene rings is 3. The van der Waals surface area contributed by atoms with Crippen molar-refractivity contribution in [3.8, 4) is 28.0 Å². The number of unbranched alkanes of at least 4 members (excludes halogenated alkanes) is 3. The van der Waals surface area contributed by atoms with E-state index in [-0.39, 0.29) is 24.4 Å². The Morgan fingerprint density at radius 3 is 1.65 bits per heavy atom. The van der Waals surface area contributed by atoms with Crippen molar-refractivity contribution in [2.45, 2.75) is 86.2 Å². The van der Waals surface area contributed by atoms with E-state index in [0.29, 0.717) is 5.75 Å². The van der Waals surface area contributed by atoms with Crippen LogP contribution in [0.4, 0.5) is 0 Å². The van der Waals surface area contributed by atoms with Gasteiger partial charge in [0.2, 0.25) is 0 Å². The number of hydrogen-bond acceptors (Lipinski definition) is 11. The monoisotopic (exact) mass is 782 g/mol. The van der Waals surface area contributed by atoms with E-state index in [0.717, 1.165) is 40.7 Å². The summed E-state index contributed by atoms with van der Waals surface area (Å²) in [4.78, 5) is 72.7. The van der Waals surface area contributed by atoms with Crippen LogP contribution in [0.2, 0.25) is 0 Å². The zero-order valence-corrected chi connectivity index (χ0v) is 33.7. The Kier molecular flexibility index (Phi) is 18.1. The van der Waals surface area contributed by atoms with Gasteiger partial charge in [-0.1, -0.05) is 87.9 Å². The van der Waals surface area contributed by atoms with Crippen molar-refractivity contribution in [3.63, 3.8) is 0 Å². The maximum Gasteiger partial charge on any atom is 0.333 e. The van der Waals surface area contributed by atoms with Crippen molar-refractivity contribution in [1.82, 2.24) is 0 Å². The van der Waals surface area contributed by atoms with E-state index in [4.69, 9.17) is 23.7 Å². The lowest BCUT2D eigenvalue weighted by molar-refractivity contribution is -0.163. The molecule has 0 spiro atoms. The summed E-state index contributed by atoms with van der Waals surface area (Å²) in [5.41, 5.74) is 4.65. The molecule has 0 N–H and O–H groups in total. The van der Waals surface area contributed by atoms with E-state index < -0.39 is 73.5 Å². The zero-order valence-electron chi connectivity index (χ0n) is 33.7. The van der Waals surface area contributed by atoms with E-state index in [1.165, 1.54) is 45.6 Å². The first-order chi connectivity index (χ1) is 27.1. The van der Waals surface area contributed by atoms with Gasteiger partial charge < -0.3 is 23.7 Å². The molecule has 0 unspecified atom stereocenters. The first-order valence-electron chi connectivity index (χ1n) is 19.0. The summed E-state index contributed by atoms with van der Waals surface area (Å²) in [5, 5.41) is 0. The van der Waals surface area contributed by atoms with Gasteiger partial charge in [0, 0.05) is 11.1 Å². The summed E-state index contributed by atoms with van der Waals surface area (Å²) in [6.07, 6.45) is 4.86. The third-order valence-electron chi connectivity index (χ3n) is 8.85. The quantitative estimate of drug-likeness (QED) is 0.0284. The fourth-order valence-corrected chi connectivity index (χ4v) is 5.60. The molecule has 0 aliphatic carbocycles. The molecule has 0 bridgehead atoms. The number of Topliss-reactive ketones (excluding diaryl/α,β-unsaturated/α-hetero) is 2. The average Bonchev–Trinajstić information content (AvgIpc) is 3.17. The lowest BCUT2D eigenvalue weighted by Crippen LogP contribution is -2.44. The van der Waals surface area contributed by atoms with Gasteiger partial charge >= 0.3 is 23.9 Å². The van der Waals surface area contributed by atoms with E-state index in [1.54, 1.807) is 19.1 Å². The Bertz CT molecular complexity index is 1870. The standard InChI is InChI=1S/C46H54O11/c1-8-9-10-11-12-35-13-15-36(16-14-35)38-19-22-41(39(25-38)26-53-44(51)31(2)3)37-17-20-40(21-18-37)54-27-46(30-57-45(52)32(4)5,28-55-42(49)23-33(6)47)29-56-43(50)24-34(7)48/h13-22,25H,2,4,8-12,23-24,26-30H2,1,3,5-7H3. The van der Waals surface area contributed by atoms with Gasteiger partial charge in [0.15, 0.2) is 0 Å². The predicted molar refractivity (Wildman–Crippen MR) is 216 cm³/mol. The van der Waals surface area contributed by atoms with Crippen LogP contribution in [-0.2, 0) is 60.7 Å². The number of hydrogen-bond donors (Lipinski definition) is 0. The van der Waals surface area contributed by atoms with Crippen molar-refractivity contribution >= 4 is 35.4 Å². The first-order valence-corrected chi connectivity index (χ1v) is 19.0. The number of ketones is 2. The molecule has 0 saturated carbocycles. The topological polar surface area (TPSA) is 149 Å². The summed E-state index contributed by atoms with van der Waals surface area (Å²) in [7, 11) is 0. The minimum absolute atomic E-state index is 0.0126. The third kappa shape index (κ3) is 15.7. The number of carbonyl (C=O) groups is 6. The Morgan fingerprint density at radius 1 is 0.579 bits per heavy atom. The van der Waals surface area contributed by atoms with Crippen LogP contribution < -0.4 is 4.74 Å². The van der Waals surface area contributed by atoms with Crippen LogP contribution in [0.3, 0.4) is 0 Å². The normalized spacial score (nSPS) is 10.9. The molecule has 3 rings (SSSR count). The SMILES string of the molecule is C=C(C)C(=O)OCc1cc(-c2ccc(CCCCCC)cc2)ccc1-c1ccc(OCC(COC(=O)CC(C)=O)(COC(=O)CC(C)=O)COC(=O)C(=C)C)cc1. The third-order valence-corrected chi connectivity index (χ3v) is 8.85. The molecule has 11 heteroatoms. The Balaban J connectivity index is 1.90. The molecule has 3 aromatic rings. The molecule has 3 aromatic carbocycles. The van der Waals surface area contributed by atoms with E-state index >= 15 is 0 Å². The largest absolute Gasteiger partial charge is 0.493 e. The molecule has 0 atom stereocenters. The molecule has 0 radical (unpaired) electrons. The van der Waals surface area contributed by atoms with E-state index in [2.05, 4.69) is 44.3 Å². The van der Waals surface area contributed by atoms with Crippen LogP contribution in [0, 0.1) is 5.41 Å². The highest BCUT2D eigenvalue weighted by atomic mass is 16.6. The van der Waals surface area contributed by atoms with E-state index in [9.17, 15) is 28.8 Å². The summed E-state index contributed by atoms with van der Waals surface area (Å²) in [6.45, 7) is 13.4. The van der Waals surface area contributed by atoms with Crippen LogP contribution in [0.1, 0.15) is 84.3 Å². The maximum absolute atomic E-state index is 12.4. The lowest BCUT2D eigenvalue weighted by atomic mass is 9.92. The summed E-state index contributed by atoms with van der Waals surface area (Å²) in [6, 6.07) is 21.6. The van der Waals surface area contributed by atoms with Gasteiger partial charge in [-0.15, -0.1) is 0 Å². The lowest BCUT2D eigenvalue weighted by Gasteiger charge is -2.32. The smallest absolute Gasteiger partial charge is 0.333 e. The molecule has 0 saturated heterocycles. The summed E-state index contributed by atoms with van der Waals surface area (Å²) in [5.74, 6) is -3.36. The second-order valence-corrected chi connectivity index (χ2v) is 14.5. The van der Waals surface area contributed by atoms with Crippen molar-refractivity contribution in [3.05, 3.63) is 102 Å². The Morgan fingerprint density at radius 2 is 1.11 bits per heavy atom. The fraction of sp³-hybridized carbons (Fsp3) is 0.391. The number of carbonyl (C=O) groups excluding carboxylic acids is 6. The van der Waals surface area contributed by atoms with Crippen molar-refractivity contribution in [2.75, 3.05) is 26.4 Å². The van der Waals surface area contributed by atoms with Crippen LogP contribution >= 0.6 is 0 Å². The molecular weight excluding hydrogens is 728 g/mol. The molecule has 0 aliphatic heterocycles. The Hall–Kier alpha value is -5.84. The fourth-order valence-electron chi connectivity index (χ4n) is 5.60. The molecule has 0 aromatic heterocycles. The van der Waals surface area contributed by atoms with Crippen LogP contribution in [0.25, 0.3) is 22.3 Å². The van der Waals surface area contributed by atoms with E-state index in [1.807, 2.05) is 30.3 Å². The highest BCUT2D eigenvalue weighted by Gasteiger charge is 2.38. The van der Waals surface area contributed by atoms with Gasteiger partial charge in [0.25, 0.3) is 0 Å². The molecule has 0 heterocycles. The van der Waals surface area contributed by atoms with Crippen molar-refractivity contribution in [2.24, 2.45) is 5.41 Å². The van der Waals surface area contributed by atoms with Gasteiger partial charge in [0.05, 0.1) is 0 Å². The van der Waals surface area contributed by atoms with Gasteiger partial charge in [-0.05, 0) is 92.1 Å². The second-order valence-electron chi connectivity index (χ2n) is 14.5. The van der Waals surface area contributed by atoms with Gasteiger partial charge in [-0.2, -0.15) is 0 Å². The zero-order chi connectivity index (χ0) is 42.0. The van der Waals surface area contributed by atoms with Crippen LogP contribution in [0.15, 0.2) is 91.0 Å². The first kappa shape index (κ1) is 45.5. The number of esters is 4. The summed E-state index contributed by atoms with van der Waals surface area (Å²) >= 11 is 0.